The zero-order valence-corrected chi connectivity index (χ0v) is 7.14. The van der Waals surface area contributed by atoms with E-state index in [4.69, 9.17) is 11.1 Å². The molecule has 0 aromatic carbocycles. The Hall–Kier alpha value is -1.36. The predicted octanol–water partition coefficient (Wildman–Crippen LogP) is 0.874. The Morgan fingerprint density at radius 2 is 2.58 bits per heavy atom. The van der Waals surface area contributed by atoms with Crippen LogP contribution in [-0.4, -0.2) is 15.2 Å². The number of amidine groups is 1. The predicted molar refractivity (Wildman–Crippen MR) is 48.7 cm³/mol. The molecule has 2 aromatic rings. The van der Waals surface area contributed by atoms with Gasteiger partial charge in [-0.15, -0.1) is 11.3 Å². The molecule has 0 radical (unpaired) electrons. The number of aromatic nitrogens is 2. The number of rotatable bonds is 2. The SMILES string of the molecule is N=C(N)Cc1cn2ccsc2n1. The van der Waals surface area contributed by atoms with Gasteiger partial charge in [-0.2, -0.15) is 0 Å². The summed E-state index contributed by atoms with van der Waals surface area (Å²) in [6.07, 6.45) is 4.28. The smallest absolute Gasteiger partial charge is 0.193 e. The lowest BCUT2D eigenvalue weighted by molar-refractivity contribution is 1.16. The Bertz CT molecular complexity index is 385. The maximum atomic E-state index is 7.09. The largest absolute Gasteiger partial charge is 0.387 e. The second-order valence-corrected chi connectivity index (χ2v) is 3.40. The molecule has 0 aliphatic heterocycles. The Kier molecular flexibility index (Phi) is 1.58. The van der Waals surface area contributed by atoms with Crippen LogP contribution in [0.2, 0.25) is 0 Å². The maximum absolute atomic E-state index is 7.09. The Labute approximate surface area is 73.2 Å². The van der Waals surface area contributed by atoms with Crippen LogP contribution in [0.5, 0.6) is 0 Å². The normalized spacial score (nSPS) is 10.7. The third-order valence-electron chi connectivity index (χ3n) is 1.51. The van der Waals surface area contributed by atoms with E-state index in [1.54, 1.807) is 11.3 Å². The van der Waals surface area contributed by atoms with E-state index in [0.717, 1.165) is 10.7 Å². The summed E-state index contributed by atoms with van der Waals surface area (Å²) in [5, 5.41) is 9.06. The summed E-state index contributed by atoms with van der Waals surface area (Å²) >= 11 is 1.58. The van der Waals surface area contributed by atoms with E-state index in [1.165, 1.54) is 0 Å². The molecule has 3 N–H and O–H groups in total. The molecule has 2 aromatic heterocycles. The van der Waals surface area contributed by atoms with Crippen molar-refractivity contribution >= 4 is 22.1 Å². The molecule has 4 nitrogen and oxygen atoms in total. The van der Waals surface area contributed by atoms with Gasteiger partial charge in [-0.05, 0) is 0 Å². The van der Waals surface area contributed by atoms with Crippen molar-refractivity contribution in [3.05, 3.63) is 23.5 Å². The fourth-order valence-corrected chi connectivity index (χ4v) is 1.78. The number of imidazole rings is 1. The van der Waals surface area contributed by atoms with E-state index in [1.807, 2.05) is 22.2 Å². The number of nitrogens with two attached hydrogens (primary N) is 1. The molecule has 0 unspecified atom stereocenters. The lowest BCUT2D eigenvalue weighted by Crippen LogP contribution is -2.12. The summed E-state index contributed by atoms with van der Waals surface area (Å²) in [6, 6.07) is 0. The van der Waals surface area contributed by atoms with Crippen molar-refractivity contribution in [2.75, 3.05) is 0 Å². The average Bonchev–Trinajstić information content (AvgIpc) is 2.43. The summed E-state index contributed by atoms with van der Waals surface area (Å²) < 4.78 is 1.93. The first kappa shape index (κ1) is 7.30. The van der Waals surface area contributed by atoms with Crippen LogP contribution in [0.25, 0.3) is 4.96 Å². The Morgan fingerprint density at radius 1 is 1.75 bits per heavy atom. The van der Waals surface area contributed by atoms with Gasteiger partial charge in [0.1, 0.15) is 0 Å². The van der Waals surface area contributed by atoms with Crippen molar-refractivity contribution in [1.82, 2.24) is 9.38 Å². The van der Waals surface area contributed by atoms with Crippen molar-refractivity contribution in [1.29, 1.82) is 5.41 Å². The third kappa shape index (κ3) is 1.18. The van der Waals surface area contributed by atoms with Crippen LogP contribution < -0.4 is 5.73 Å². The van der Waals surface area contributed by atoms with Crippen molar-refractivity contribution in [2.24, 2.45) is 5.73 Å². The molecule has 0 amide bonds. The minimum absolute atomic E-state index is 0.153. The quantitative estimate of drug-likeness (QED) is 0.532. The topological polar surface area (TPSA) is 67.2 Å². The van der Waals surface area contributed by atoms with Crippen LogP contribution >= 0.6 is 11.3 Å². The average molecular weight is 180 g/mol. The molecule has 0 bridgehead atoms. The summed E-state index contributed by atoms with van der Waals surface area (Å²) in [5.74, 6) is 0.153. The number of hydrogen-bond donors (Lipinski definition) is 2. The molecule has 2 rings (SSSR count). The molecule has 0 saturated heterocycles. The van der Waals surface area contributed by atoms with E-state index < -0.39 is 0 Å². The van der Waals surface area contributed by atoms with E-state index in [-0.39, 0.29) is 5.84 Å². The summed E-state index contributed by atoms with van der Waals surface area (Å²) in [6.45, 7) is 0. The van der Waals surface area contributed by atoms with Gasteiger partial charge in [-0.1, -0.05) is 0 Å². The molecular weight excluding hydrogens is 172 g/mol. The third-order valence-corrected chi connectivity index (χ3v) is 2.29. The minimum atomic E-state index is 0.153. The van der Waals surface area contributed by atoms with Gasteiger partial charge in [0.15, 0.2) is 4.96 Å². The van der Waals surface area contributed by atoms with Crippen molar-refractivity contribution in [3.8, 4) is 0 Å². The van der Waals surface area contributed by atoms with Gasteiger partial charge in [-0.25, -0.2) is 4.98 Å². The highest BCUT2D eigenvalue weighted by atomic mass is 32.1. The molecule has 12 heavy (non-hydrogen) atoms. The molecule has 0 atom stereocenters. The maximum Gasteiger partial charge on any atom is 0.193 e. The first-order chi connectivity index (χ1) is 5.75. The molecular formula is C7H8N4S. The fraction of sp³-hybridized carbons (Fsp3) is 0.143. The number of nitrogens with zero attached hydrogens (tertiary/aromatic N) is 2. The van der Waals surface area contributed by atoms with Gasteiger partial charge >= 0.3 is 0 Å². The second-order valence-electron chi connectivity index (χ2n) is 2.53. The first-order valence-electron chi connectivity index (χ1n) is 3.49. The molecule has 0 saturated carbocycles. The molecule has 0 spiro atoms. The minimum Gasteiger partial charge on any atom is -0.387 e. The van der Waals surface area contributed by atoms with E-state index in [2.05, 4.69) is 4.98 Å². The van der Waals surface area contributed by atoms with Gasteiger partial charge in [0.25, 0.3) is 0 Å². The van der Waals surface area contributed by atoms with E-state index in [0.29, 0.717) is 6.42 Å². The number of thiazole rings is 1. The van der Waals surface area contributed by atoms with Crippen LogP contribution in [0.1, 0.15) is 5.69 Å². The number of hydrogen-bond acceptors (Lipinski definition) is 3. The fourth-order valence-electron chi connectivity index (χ4n) is 1.06. The molecule has 0 aliphatic carbocycles. The van der Waals surface area contributed by atoms with Crippen LogP contribution in [0.15, 0.2) is 17.8 Å². The highest BCUT2D eigenvalue weighted by Crippen LogP contribution is 2.11. The molecule has 0 aliphatic rings. The van der Waals surface area contributed by atoms with Crippen molar-refractivity contribution in [2.45, 2.75) is 6.42 Å². The standard InChI is InChI=1S/C7H8N4S/c8-6(9)3-5-4-11-1-2-12-7(11)10-5/h1-2,4H,3H2,(H3,8,9). The van der Waals surface area contributed by atoms with Gasteiger partial charge in [0.05, 0.1) is 11.5 Å². The zero-order chi connectivity index (χ0) is 8.55. The van der Waals surface area contributed by atoms with Gasteiger partial charge in [0.2, 0.25) is 0 Å². The lowest BCUT2D eigenvalue weighted by atomic mass is 10.3. The Balaban J connectivity index is 2.38. The first-order valence-corrected chi connectivity index (χ1v) is 4.37. The van der Waals surface area contributed by atoms with E-state index in [9.17, 15) is 0 Å². The highest BCUT2D eigenvalue weighted by Gasteiger charge is 2.02. The monoisotopic (exact) mass is 180 g/mol. The van der Waals surface area contributed by atoms with Crippen LogP contribution in [0.4, 0.5) is 0 Å². The second kappa shape index (κ2) is 2.60. The van der Waals surface area contributed by atoms with Gasteiger partial charge < -0.3 is 5.73 Å². The molecule has 62 valence electrons. The molecule has 5 heteroatoms. The lowest BCUT2D eigenvalue weighted by Gasteiger charge is -1.89. The summed E-state index contributed by atoms with van der Waals surface area (Å²) in [7, 11) is 0. The van der Waals surface area contributed by atoms with Crippen LogP contribution in [-0.2, 0) is 6.42 Å². The van der Waals surface area contributed by atoms with Crippen LogP contribution in [0, 0.1) is 5.41 Å². The summed E-state index contributed by atoms with van der Waals surface area (Å²) in [4.78, 5) is 5.22. The molecule has 0 fully saturated rings. The Morgan fingerprint density at radius 3 is 3.25 bits per heavy atom. The highest BCUT2D eigenvalue weighted by molar-refractivity contribution is 7.15. The summed E-state index contributed by atoms with van der Waals surface area (Å²) in [5.41, 5.74) is 6.11. The van der Waals surface area contributed by atoms with Crippen molar-refractivity contribution in [3.63, 3.8) is 0 Å². The van der Waals surface area contributed by atoms with Crippen molar-refractivity contribution < 1.29 is 0 Å². The van der Waals surface area contributed by atoms with E-state index >= 15 is 0 Å². The van der Waals surface area contributed by atoms with Gasteiger partial charge in [-0.3, -0.25) is 9.81 Å². The van der Waals surface area contributed by atoms with Crippen LogP contribution in [0.3, 0.4) is 0 Å². The number of fused-ring (bicyclic) bond motifs is 1. The zero-order valence-electron chi connectivity index (χ0n) is 6.32. The van der Waals surface area contributed by atoms with Gasteiger partial charge in [0, 0.05) is 24.2 Å². The molecule has 2 heterocycles. The number of nitrogens with one attached hydrogen (secondary N) is 1.